The van der Waals surface area contributed by atoms with E-state index in [0.717, 1.165) is 13.2 Å². The number of esters is 1. The summed E-state index contributed by atoms with van der Waals surface area (Å²) >= 11 is 12.3. The van der Waals surface area contributed by atoms with Crippen molar-refractivity contribution in [1.29, 1.82) is 0 Å². The highest BCUT2D eigenvalue weighted by Gasteiger charge is 2.25. The van der Waals surface area contributed by atoms with Crippen molar-refractivity contribution in [2.75, 3.05) is 26.1 Å². The van der Waals surface area contributed by atoms with Crippen molar-refractivity contribution < 1.29 is 37.4 Å². The van der Waals surface area contributed by atoms with Crippen molar-refractivity contribution in [1.82, 2.24) is 9.97 Å². The molecule has 1 heterocycles. The van der Waals surface area contributed by atoms with Crippen LogP contribution < -0.4 is 19.5 Å². The zero-order valence-electron chi connectivity index (χ0n) is 19.4. The van der Waals surface area contributed by atoms with Crippen LogP contribution in [0.2, 0.25) is 10.2 Å². The molecule has 0 fully saturated rings. The molecule has 3 rings (SSSR count). The molecule has 1 N–H and O–H groups in total. The molecule has 15 heteroatoms. The van der Waals surface area contributed by atoms with Crippen LogP contribution >= 0.6 is 23.2 Å². The summed E-state index contributed by atoms with van der Waals surface area (Å²) in [6.45, 7) is 0.419. The topological polar surface area (TPSA) is 135 Å². The van der Waals surface area contributed by atoms with Crippen LogP contribution in [0.25, 0.3) is 0 Å². The molecule has 0 spiro atoms. The van der Waals surface area contributed by atoms with Crippen molar-refractivity contribution in [3.63, 3.8) is 0 Å². The number of carbonyl (C=O) groups excluding carboxylic acids is 1. The number of carbonyl (C=O) groups is 1. The van der Waals surface area contributed by atoms with Crippen LogP contribution in [0.5, 0.6) is 17.2 Å². The highest BCUT2D eigenvalue weighted by atomic mass is 35.5. The Balaban J connectivity index is 2.03. The van der Waals surface area contributed by atoms with Crippen molar-refractivity contribution >= 4 is 46.4 Å². The smallest absolute Gasteiger partial charge is 0.348 e. The molecule has 37 heavy (non-hydrogen) atoms. The first kappa shape index (κ1) is 27.6. The quantitative estimate of drug-likeness (QED) is 0.154. The van der Waals surface area contributed by atoms with Gasteiger partial charge in [-0.1, -0.05) is 23.2 Å². The summed E-state index contributed by atoms with van der Waals surface area (Å²) in [6, 6.07) is 4.62. The zero-order valence-corrected chi connectivity index (χ0v) is 20.9. The van der Waals surface area contributed by atoms with Crippen molar-refractivity contribution in [3.8, 4) is 17.2 Å². The first-order valence-electron chi connectivity index (χ1n) is 10.2. The number of methoxy groups -OCH3 is 2. The summed E-state index contributed by atoms with van der Waals surface area (Å²) in [5.41, 5.74) is -0.797. The lowest BCUT2D eigenvalue weighted by Gasteiger charge is -2.17. The third-order valence-corrected chi connectivity index (χ3v) is 5.32. The number of nitrogens with one attached hydrogen (secondary N) is 1. The fourth-order valence-corrected chi connectivity index (χ4v) is 3.49. The Hall–Kier alpha value is -3.97. The van der Waals surface area contributed by atoms with Gasteiger partial charge in [0, 0.05) is 12.1 Å². The molecule has 0 unspecified atom stereocenters. The normalized spacial score (nSPS) is 10.6. The Labute approximate surface area is 218 Å². The van der Waals surface area contributed by atoms with E-state index >= 15 is 0 Å². The summed E-state index contributed by atoms with van der Waals surface area (Å²) < 4.78 is 48.9. The summed E-state index contributed by atoms with van der Waals surface area (Å²) in [4.78, 5) is 30.1. The van der Waals surface area contributed by atoms with Gasteiger partial charge in [0.25, 0.3) is 0 Å². The Morgan fingerprint density at radius 2 is 1.81 bits per heavy atom. The maximum Gasteiger partial charge on any atom is 0.348 e. The molecule has 11 nitrogen and oxygen atoms in total. The van der Waals surface area contributed by atoms with Gasteiger partial charge in [-0.2, -0.15) is 0 Å². The summed E-state index contributed by atoms with van der Waals surface area (Å²) in [5, 5.41) is 13.8. The monoisotopic (exact) mass is 558 g/mol. The number of nitrogens with zero attached hydrogens (tertiary/aromatic N) is 3. The number of nitro groups is 1. The molecule has 0 radical (unpaired) electrons. The van der Waals surface area contributed by atoms with Crippen LogP contribution in [0.3, 0.4) is 0 Å². The number of ether oxygens (including phenoxy) is 4. The van der Waals surface area contributed by atoms with Crippen molar-refractivity contribution in [2.24, 2.45) is 0 Å². The Bertz CT molecular complexity index is 1360. The number of hydrogen-bond acceptors (Lipinski definition) is 10. The largest absolute Gasteiger partial charge is 0.496 e. The van der Waals surface area contributed by atoms with Gasteiger partial charge in [-0.3, -0.25) is 10.1 Å². The van der Waals surface area contributed by atoms with Gasteiger partial charge in [0.15, 0.2) is 29.7 Å². The molecule has 0 aliphatic rings. The molecule has 196 valence electrons. The molecule has 0 saturated carbocycles. The van der Waals surface area contributed by atoms with Gasteiger partial charge < -0.3 is 24.3 Å². The third-order valence-electron chi connectivity index (χ3n) is 4.74. The van der Waals surface area contributed by atoms with Gasteiger partial charge in [0.05, 0.1) is 35.4 Å². The molecule has 0 aliphatic carbocycles. The van der Waals surface area contributed by atoms with E-state index in [2.05, 4.69) is 20.0 Å². The maximum absolute atomic E-state index is 14.4. The first-order chi connectivity index (χ1) is 17.5. The fraction of sp³-hybridized carbons (Fsp3) is 0.227. The molecule has 0 atom stereocenters. The molecule has 3 aromatic rings. The number of halogens is 4. The van der Waals surface area contributed by atoms with Gasteiger partial charge in [-0.15, -0.1) is 0 Å². The van der Waals surface area contributed by atoms with E-state index in [0.29, 0.717) is 0 Å². The second kappa shape index (κ2) is 11.8. The first-order valence-corrected chi connectivity index (χ1v) is 10.9. The van der Waals surface area contributed by atoms with Gasteiger partial charge >= 0.3 is 11.7 Å². The van der Waals surface area contributed by atoms with Crippen LogP contribution in [-0.2, 0) is 16.1 Å². The van der Waals surface area contributed by atoms with E-state index in [1.807, 2.05) is 0 Å². The molecule has 2 aromatic carbocycles. The molecule has 0 bridgehead atoms. The van der Waals surface area contributed by atoms with Gasteiger partial charge in [0.2, 0.25) is 11.0 Å². The average molecular weight is 559 g/mol. The molecule has 0 saturated heterocycles. The van der Waals surface area contributed by atoms with Crippen LogP contribution in [0.4, 0.5) is 26.0 Å². The van der Waals surface area contributed by atoms with Crippen LogP contribution in [0, 0.1) is 28.7 Å². The van der Waals surface area contributed by atoms with E-state index in [-0.39, 0.29) is 45.2 Å². The minimum Gasteiger partial charge on any atom is -0.496 e. The van der Waals surface area contributed by atoms with Gasteiger partial charge in [-0.25, -0.2) is 23.5 Å². The highest BCUT2D eigenvalue weighted by Crippen LogP contribution is 2.40. The Kier molecular flexibility index (Phi) is 8.84. The second-order valence-corrected chi connectivity index (χ2v) is 7.88. The van der Waals surface area contributed by atoms with Gasteiger partial charge in [0.1, 0.15) is 18.2 Å². The van der Waals surface area contributed by atoms with Crippen LogP contribution in [0.1, 0.15) is 11.4 Å². The lowest BCUT2D eigenvalue weighted by Crippen LogP contribution is -2.13. The number of hydrogen-bond donors (Lipinski definition) is 1. The van der Waals surface area contributed by atoms with Crippen LogP contribution in [-0.4, -0.2) is 41.7 Å². The van der Waals surface area contributed by atoms with E-state index in [9.17, 15) is 23.7 Å². The fourth-order valence-electron chi connectivity index (χ4n) is 3.01. The predicted molar refractivity (Wildman–Crippen MR) is 128 cm³/mol. The molecular formula is C22H18Cl2F2N4O7. The minimum atomic E-state index is -1.19. The lowest BCUT2D eigenvalue weighted by atomic mass is 10.2. The number of rotatable bonds is 10. The number of anilines is 2. The van der Waals surface area contributed by atoms with Crippen molar-refractivity contribution in [3.05, 3.63) is 67.6 Å². The predicted octanol–water partition coefficient (Wildman–Crippen LogP) is 5.16. The van der Waals surface area contributed by atoms with Gasteiger partial charge in [-0.05, 0) is 19.1 Å². The molecule has 1 aromatic heterocycles. The average Bonchev–Trinajstić information content (AvgIpc) is 2.84. The Morgan fingerprint density at radius 3 is 2.46 bits per heavy atom. The van der Waals surface area contributed by atoms with Crippen molar-refractivity contribution in [2.45, 2.75) is 13.5 Å². The second-order valence-electron chi connectivity index (χ2n) is 7.12. The number of benzene rings is 2. The lowest BCUT2D eigenvalue weighted by molar-refractivity contribution is -0.384. The molecular weight excluding hydrogens is 541 g/mol. The highest BCUT2D eigenvalue weighted by molar-refractivity contribution is 6.34. The van der Waals surface area contributed by atoms with E-state index < -0.39 is 46.6 Å². The maximum atomic E-state index is 14.4. The van der Waals surface area contributed by atoms with E-state index in [1.165, 1.54) is 32.2 Å². The summed E-state index contributed by atoms with van der Waals surface area (Å²) in [6.07, 6.45) is 0. The number of aryl methyl sites for hydroxylation is 1. The van der Waals surface area contributed by atoms with Crippen LogP contribution in [0.15, 0.2) is 24.3 Å². The SMILES string of the molecule is COC(=O)COc1cc(Cl)c(Nc2nc(C)nc(Cl)c2[N+](=O)[O-])cc1OCc1c(OC)ccc(F)c1F. The Morgan fingerprint density at radius 1 is 1.11 bits per heavy atom. The zero-order chi connectivity index (χ0) is 27.3. The molecule has 0 amide bonds. The van der Waals surface area contributed by atoms with E-state index in [1.54, 1.807) is 0 Å². The standard InChI is InChI=1S/C22H18Cl2F2N4O7/c1-10-27-21(24)20(30(32)33)22(28-10)29-14-7-17(16(6-12(14)23)37-9-18(31)35-3)36-8-11-15(34-2)5-4-13(25)19(11)26/h4-7H,8-9H2,1-3H3,(H,27,28,29). The third kappa shape index (κ3) is 6.43. The summed E-state index contributed by atoms with van der Waals surface area (Å²) in [7, 11) is 2.43. The molecule has 0 aliphatic heterocycles. The van der Waals surface area contributed by atoms with E-state index in [4.69, 9.17) is 37.4 Å². The summed E-state index contributed by atoms with van der Waals surface area (Å²) in [5.74, 6) is -3.31. The minimum absolute atomic E-state index is 0.0185. The number of aromatic nitrogens is 2.